The number of sulfone groups is 1. The van der Waals surface area contributed by atoms with Crippen LogP contribution in [-0.2, 0) is 9.84 Å². The number of ether oxygens (including phenoxy) is 4. The van der Waals surface area contributed by atoms with Gasteiger partial charge in [-0.15, -0.1) is 52.7 Å². The zero-order chi connectivity index (χ0) is 77.4. The Balaban J connectivity index is 0.000000204. The molecule has 39 heteroatoms. The second-order valence-electron chi connectivity index (χ2n) is 21.4. The number of nitrogens with two attached hydrogens (primary N) is 1. The maximum Gasteiger partial charge on any atom is 0.573 e. The third-order valence-electron chi connectivity index (χ3n) is 14.4. The Hall–Kier alpha value is -11.2. The molecule has 23 nitrogen and oxygen atoms in total. The second kappa shape index (κ2) is 33.5. The number of alkyl halides is 12. The van der Waals surface area contributed by atoms with E-state index in [9.17, 15) is 80.3 Å². The fraction of sp³-hybridized carbons (Fsp3) is 0.147. The molecule has 0 aliphatic carbocycles. The Morgan fingerprint density at radius 2 is 0.729 bits per heavy atom. The summed E-state index contributed by atoms with van der Waals surface area (Å²) in [4.78, 5) is 77.9. The molecule has 9 heterocycles. The monoisotopic (exact) mass is 1760 g/mol. The van der Waals surface area contributed by atoms with Gasteiger partial charge in [-0.3, -0.25) is 19.2 Å². The van der Waals surface area contributed by atoms with Gasteiger partial charge in [0.15, 0.2) is 28.7 Å². The van der Waals surface area contributed by atoms with E-state index in [0.717, 1.165) is 23.3 Å². The SMILES string of the molecule is C.CN1C(=O)c2c(nc(N)nc2-c2ccco2)/C1=C/c1ccccc1OC(F)(F)F.CN1C(=O)c2c(nc(S(C)(=O)=O)nc2-c2ccco2)/C1=C/c1ccccc1OC(F)(F)F.CSc1nc2c(c(-c3ccco3)n1)C(=O)N(C)/C2=C\c1ccccc1OC(F)(F)F.O=Cc1ccccc1OC(F)(F)F.[2H][B].[U]. The summed E-state index contributed by atoms with van der Waals surface area (Å²) in [6.07, 6.45) is -8.12. The van der Waals surface area contributed by atoms with Crippen LogP contribution in [0.15, 0.2) is 176 Å². The molecule has 6 aromatic heterocycles. The standard InChI is InChI=1S/C20H14F3N3O5S.C20H14F3N3O3S.C19H13F3N4O3.C8H5F3O2.CH4.BH.U/c1-26-12(10-11-6-3-4-7-13(11)31-20(21,22)23)16-15(18(26)27)17(14-8-5-9-30-14)25-19(24-16)32(2,28)29;1-26-12(10-11-6-3-4-7-13(11)29-20(21,22)23)16-15(18(26)27)17(14-8-5-9-28-14)25-19(24-16)30-2;1-26-11(9-10-5-2-3-6-12(10)29-19(20,21)22)15-14(17(26)27)16(25-18(23)24-15)13-7-4-8-28-13;9-8(10,11)13-7-4-2-1-3-6(7)5-12;;;/h3-10H,1-2H3;3-10H,1-2H3;2-9H,1H3,(H2,23,24,25);1-5H;1H4;1H;/b2*12-10-;11-9-;;;;/i;;;;;1D;. The van der Waals surface area contributed by atoms with Crippen LogP contribution in [0.4, 0.5) is 58.6 Å². The fourth-order valence-corrected chi connectivity index (χ4v) is 10.9. The minimum Gasteiger partial charge on any atom is -0.463 e. The van der Waals surface area contributed by atoms with Crippen LogP contribution in [0.3, 0.4) is 0 Å². The molecule has 0 unspecified atom stereocenters. The van der Waals surface area contributed by atoms with Crippen molar-refractivity contribution in [2.45, 2.75) is 43.2 Å². The molecule has 0 saturated carbocycles. The first-order valence-corrected chi connectivity index (χ1v) is 32.3. The van der Waals surface area contributed by atoms with Crippen molar-refractivity contribution in [3.63, 3.8) is 0 Å². The van der Waals surface area contributed by atoms with E-state index in [1.165, 1.54) is 165 Å². The number of nitrogen functional groups attached to an aromatic ring is 1. The molecule has 3 amide bonds. The van der Waals surface area contributed by atoms with Gasteiger partial charge in [0.25, 0.3) is 17.7 Å². The minimum atomic E-state index is -4.93. The van der Waals surface area contributed by atoms with Gasteiger partial charge in [-0.2, -0.15) is 0 Å². The number of benzene rings is 4. The number of carbonyl (C=O) groups is 4. The van der Waals surface area contributed by atoms with E-state index in [2.05, 4.69) is 57.2 Å². The number of halogens is 12. The molecule has 13 rings (SSSR count). The van der Waals surface area contributed by atoms with Crippen LogP contribution in [-0.4, -0.2) is 146 Å². The molecule has 0 spiro atoms. The molecular weight excluding hydrogens is 1710 g/mol. The summed E-state index contributed by atoms with van der Waals surface area (Å²) in [6.45, 7) is 0. The summed E-state index contributed by atoms with van der Waals surface area (Å²) in [5.41, 5.74) is 7.90. The maximum absolute atomic E-state index is 13.0. The number of thioether (sulfide) groups is 1. The van der Waals surface area contributed by atoms with Crippen molar-refractivity contribution in [2.75, 3.05) is 39.4 Å². The molecule has 4 aromatic carbocycles. The van der Waals surface area contributed by atoms with Crippen LogP contribution in [0.25, 0.3) is 69.7 Å². The molecule has 0 atom stereocenters. The number of aromatic nitrogens is 6. The number of rotatable bonds is 13. The molecule has 0 fully saturated rings. The number of para-hydroxylation sites is 4. The summed E-state index contributed by atoms with van der Waals surface area (Å²) in [5, 5.41) is -0.162. The van der Waals surface area contributed by atoms with E-state index in [4.69, 9.17) is 20.3 Å². The van der Waals surface area contributed by atoms with Gasteiger partial charge in [0.05, 0.1) is 58.1 Å². The number of amides is 3. The van der Waals surface area contributed by atoms with Gasteiger partial charge < -0.3 is 52.6 Å². The average Bonchev–Trinajstić information content (AvgIpc) is 1.60. The number of furan rings is 3. The number of fused-ring (bicyclic) bond motifs is 3. The largest absolute Gasteiger partial charge is 0.573 e. The molecule has 554 valence electrons. The first-order chi connectivity index (χ1) is 50.0. The van der Waals surface area contributed by atoms with Gasteiger partial charge in [-0.05, 0) is 92.5 Å². The topological polar surface area (TPSA) is 292 Å². The van der Waals surface area contributed by atoms with E-state index < -0.39 is 69.5 Å². The van der Waals surface area contributed by atoms with Crippen molar-refractivity contribution in [1.82, 2.24) is 44.6 Å². The minimum absolute atomic E-state index is 0. The van der Waals surface area contributed by atoms with Crippen LogP contribution in [0.1, 0.15) is 82.6 Å². The molecule has 2 N–H and O–H groups in total. The first kappa shape index (κ1) is 81.5. The Kier molecular flexibility index (Phi) is 25.5. The predicted molar refractivity (Wildman–Crippen MR) is 360 cm³/mol. The molecule has 0 bridgehead atoms. The molecule has 3 aliphatic heterocycles. The Labute approximate surface area is 629 Å². The number of hydrogen-bond donors (Lipinski definition) is 1. The quantitative estimate of drug-likeness (QED) is 0.0369. The van der Waals surface area contributed by atoms with Gasteiger partial charge >= 0.3 is 25.4 Å². The van der Waals surface area contributed by atoms with Gasteiger partial charge in [-0.1, -0.05) is 85.9 Å². The molecular formula is C68H51BF12N10O13S2U. The van der Waals surface area contributed by atoms with E-state index in [0.29, 0.717) is 40.0 Å². The van der Waals surface area contributed by atoms with E-state index in [1.54, 1.807) is 42.7 Å². The molecule has 2 radical (unpaired) electrons. The normalized spacial score (nSPS) is 14.3. The Morgan fingerprint density at radius 1 is 0.458 bits per heavy atom. The number of carbonyl (C=O) groups excluding carboxylic acids is 4. The summed E-state index contributed by atoms with van der Waals surface area (Å²) < 4.78 is 212. The summed E-state index contributed by atoms with van der Waals surface area (Å²) >= 11 is 1.27. The van der Waals surface area contributed by atoms with Crippen LogP contribution in [0.5, 0.6) is 23.0 Å². The van der Waals surface area contributed by atoms with Gasteiger partial charge in [-0.25, -0.2) is 38.3 Å². The van der Waals surface area contributed by atoms with Crippen molar-refractivity contribution in [3.8, 4) is 57.4 Å². The summed E-state index contributed by atoms with van der Waals surface area (Å²) in [5.74, 6) is -2.42. The smallest absolute Gasteiger partial charge is 0.463 e. The van der Waals surface area contributed by atoms with Crippen LogP contribution >= 0.6 is 11.8 Å². The van der Waals surface area contributed by atoms with E-state index in [-0.39, 0.29) is 135 Å². The van der Waals surface area contributed by atoms with Crippen LogP contribution in [0, 0.1) is 31.1 Å². The molecule has 10 aromatic rings. The fourth-order valence-electron chi connectivity index (χ4n) is 10.0. The molecule has 3 aliphatic rings. The predicted octanol–water partition coefficient (Wildman–Crippen LogP) is 14.7. The summed E-state index contributed by atoms with van der Waals surface area (Å²) in [6, 6.07) is 31.3. The van der Waals surface area contributed by atoms with Crippen LogP contribution < -0.4 is 24.7 Å². The van der Waals surface area contributed by atoms with Gasteiger partial charge in [0.2, 0.25) is 20.9 Å². The maximum atomic E-state index is 13.0. The average molecular weight is 1760 g/mol. The summed E-state index contributed by atoms with van der Waals surface area (Å²) in [7, 11) is 4.24. The number of hydrogen-bond acceptors (Lipinski definition) is 21. The van der Waals surface area contributed by atoms with Crippen molar-refractivity contribution in [1.29, 1.82) is 1.34 Å². The first-order valence-electron chi connectivity index (χ1n) is 29.8. The Bertz CT molecular complexity index is 5150. The zero-order valence-electron chi connectivity index (χ0n) is 55.6. The van der Waals surface area contributed by atoms with Crippen molar-refractivity contribution >= 4 is 95.3 Å². The van der Waals surface area contributed by atoms with Crippen molar-refractivity contribution < 1.29 is 144 Å². The zero-order valence-corrected chi connectivity index (χ0v) is 60.4. The third kappa shape index (κ3) is 19.7. The molecule has 107 heavy (non-hydrogen) atoms. The van der Waals surface area contributed by atoms with Gasteiger partial charge in [0.1, 0.15) is 57.2 Å². The van der Waals surface area contributed by atoms with E-state index >= 15 is 0 Å². The second-order valence-corrected chi connectivity index (χ2v) is 24.0. The van der Waals surface area contributed by atoms with Crippen molar-refractivity contribution in [2.24, 2.45) is 0 Å². The third-order valence-corrected chi connectivity index (χ3v) is 15.8. The number of aldehydes is 1. The van der Waals surface area contributed by atoms with Gasteiger partial charge in [0, 0.05) is 83.6 Å². The Morgan fingerprint density at radius 3 is 1.04 bits per heavy atom. The van der Waals surface area contributed by atoms with Crippen molar-refractivity contribution in [3.05, 3.63) is 208 Å². The van der Waals surface area contributed by atoms with Crippen LogP contribution in [0.2, 0.25) is 0 Å². The molecule has 0 saturated heterocycles. The number of nitrogens with zero attached hydrogens (tertiary/aromatic N) is 9. The van der Waals surface area contributed by atoms with E-state index in [1.807, 2.05) is 0 Å². The number of anilines is 1.